The van der Waals surface area contributed by atoms with Crippen molar-refractivity contribution in [1.29, 1.82) is 0 Å². The van der Waals surface area contributed by atoms with Gasteiger partial charge in [0.25, 0.3) is 0 Å². The van der Waals surface area contributed by atoms with Crippen molar-refractivity contribution in [3.63, 3.8) is 0 Å². The Morgan fingerprint density at radius 1 is 0.968 bits per heavy atom. The number of anilines is 1. The molecule has 0 aliphatic carbocycles. The van der Waals surface area contributed by atoms with Crippen molar-refractivity contribution in [2.45, 2.75) is 17.2 Å². The number of carbonyl (C=O) groups excluding carboxylic acids is 1. The monoisotopic (exact) mass is 429 g/mol. The van der Waals surface area contributed by atoms with Crippen LogP contribution in [0.4, 0.5) is 5.69 Å². The summed E-state index contributed by atoms with van der Waals surface area (Å²) in [6, 6.07) is 26.2. The summed E-state index contributed by atoms with van der Waals surface area (Å²) < 4.78 is 10.5. The van der Waals surface area contributed by atoms with E-state index in [4.69, 9.17) is 9.15 Å². The predicted molar refractivity (Wildman–Crippen MR) is 125 cm³/mol. The second-order valence-electron chi connectivity index (χ2n) is 6.97. The molecule has 0 aliphatic rings. The van der Waals surface area contributed by atoms with E-state index in [1.165, 1.54) is 7.11 Å². The molecular weight excluding hydrogens is 406 g/mol. The zero-order valence-electron chi connectivity index (χ0n) is 17.2. The SMILES string of the molecule is COC(=O)c1c(CSc2ccccc2)ccc(-c2ccoc2)c1NCc1ccccc1. The molecule has 1 aromatic heterocycles. The number of carbonyl (C=O) groups is 1. The van der Waals surface area contributed by atoms with Gasteiger partial charge < -0.3 is 14.5 Å². The maximum atomic E-state index is 12.9. The molecule has 0 spiro atoms. The van der Waals surface area contributed by atoms with Crippen molar-refractivity contribution in [2.75, 3.05) is 12.4 Å². The molecule has 4 nitrogen and oxygen atoms in total. The van der Waals surface area contributed by atoms with Crippen LogP contribution < -0.4 is 5.32 Å². The third-order valence-electron chi connectivity index (χ3n) is 4.96. The Bertz CT molecular complexity index is 1130. The molecule has 0 saturated heterocycles. The molecule has 156 valence electrons. The number of methoxy groups -OCH3 is 1. The fourth-order valence-electron chi connectivity index (χ4n) is 3.41. The van der Waals surface area contributed by atoms with E-state index < -0.39 is 0 Å². The van der Waals surface area contributed by atoms with Gasteiger partial charge in [0.05, 0.1) is 30.9 Å². The predicted octanol–water partition coefficient (Wildman–Crippen LogP) is 6.64. The zero-order valence-corrected chi connectivity index (χ0v) is 18.0. The van der Waals surface area contributed by atoms with Gasteiger partial charge in [-0.25, -0.2) is 4.79 Å². The molecule has 31 heavy (non-hydrogen) atoms. The summed E-state index contributed by atoms with van der Waals surface area (Å²) in [7, 11) is 1.42. The van der Waals surface area contributed by atoms with E-state index in [-0.39, 0.29) is 5.97 Å². The quantitative estimate of drug-likeness (QED) is 0.251. The molecule has 0 radical (unpaired) electrons. The molecule has 0 saturated carbocycles. The van der Waals surface area contributed by atoms with Crippen molar-refractivity contribution < 1.29 is 13.9 Å². The zero-order chi connectivity index (χ0) is 21.5. The maximum absolute atomic E-state index is 12.9. The molecule has 4 rings (SSSR count). The number of esters is 1. The minimum Gasteiger partial charge on any atom is -0.472 e. The van der Waals surface area contributed by atoms with Gasteiger partial charge in [-0.05, 0) is 29.3 Å². The first-order valence-electron chi connectivity index (χ1n) is 9.98. The van der Waals surface area contributed by atoms with Crippen molar-refractivity contribution in [2.24, 2.45) is 0 Å². The first kappa shape index (κ1) is 20.8. The number of benzene rings is 3. The number of hydrogen-bond acceptors (Lipinski definition) is 5. The Morgan fingerprint density at radius 3 is 2.39 bits per heavy atom. The van der Waals surface area contributed by atoms with Crippen molar-refractivity contribution in [3.05, 3.63) is 108 Å². The summed E-state index contributed by atoms with van der Waals surface area (Å²) in [5, 5.41) is 3.49. The molecule has 3 aromatic carbocycles. The molecular formula is C26H23NO3S. The van der Waals surface area contributed by atoms with Crippen molar-refractivity contribution in [3.8, 4) is 11.1 Å². The second-order valence-corrected chi connectivity index (χ2v) is 8.02. The van der Waals surface area contributed by atoms with E-state index in [9.17, 15) is 4.79 Å². The van der Waals surface area contributed by atoms with Crippen LogP contribution in [0.15, 0.2) is 101 Å². The maximum Gasteiger partial charge on any atom is 0.340 e. The van der Waals surface area contributed by atoms with Crippen LogP contribution >= 0.6 is 11.8 Å². The first-order valence-corrected chi connectivity index (χ1v) is 11.0. The molecule has 5 heteroatoms. The molecule has 1 N–H and O–H groups in total. The molecule has 0 amide bonds. The minimum absolute atomic E-state index is 0.357. The summed E-state index contributed by atoms with van der Waals surface area (Å²) in [5.74, 6) is 0.296. The Balaban J connectivity index is 1.74. The Labute approximate surface area is 186 Å². The normalized spacial score (nSPS) is 10.6. The van der Waals surface area contributed by atoms with Gasteiger partial charge in [-0.15, -0.1) is 11.8 Å². The number of rotatable bonds is 8. The highest BCUT2D eigenvalue weighted by molar-refractivity contribution is 7.98. The molecule has 1 heterocycles. The van der Waals surface area contributed by atoms with Crippen molar-refractivity contribution >= 4 is 23.4 Å². The molecule has 0 bridgehead atoms. The Morgan fingerprint density at radius 2 is 1.71 bits per heavy atom. The van der Waals surface area contributed by atoms with Gasteiger partial charge in [-0.3, -0.25) is 0 Å². The molecule has 0 fully saturated rings. The van der Waals surface area contributed by atoms with Crippen LogP contribution in [-0.2, 0) is 17.0 Å². The fourth-order valence-corrected chi connectivity index (χ4v) is 4.32. The van der Waals surface area contributed by atoms with Crippen molar-refractivity contribution in [1.82, 2.24) is 0 Å². The van der Waals surface area contributed by atoms with Gasteiger partial charge in [0.2, 0.25) is 0 Å². The summed E-state index contributed by atoms with van der Waals surface area (Å²) >= 11 is 1.69. The average molecular weight is 430 g/mol. The minimum atomic E-state index is -0.357. The lowest BCUT2D eigenvalue weighted by molar-refractivity contribution is 0.0601. The number of ether oxygens (including phenoxy) is 1. The standard InChI is InChI=1S/C26H23NO3S/c1-29-26(28)24-21(18-31-22-10-6-3-7-11-22)12-13-23(20-14-15-30-17-20)25(24)27-16-19-8-4-2-5-9-19/h2-15,17,27H,16,18H2,1H3. The lowest BCUT2D eigenvalue weighted by atomic mass is 9.97. The van der Waals surface area contributed by atoms with Crippen LogP contribution in [0.1, 0.15) is 21.5 Å². The summed E-state index contributed by atoms with van der Waals surface area (Å²) in [5.41, 5.74) is 5.16. The summed E-state index contributed by atoms with van der Waals surface area (Å²) in [6.07, 6.45) is 3.32. The summed E-state index contributed by atoms with van der Waals surface area (Å²) in [4.78, 5) is 14.1. The average Bonchev–Trinajstić information content (AvgIpc) is 3.36. The third kappa shape index (κ3) is 5.01. The van der Waals surface area contributed by atoms with Gasteiger partial charge in [0, 0.05) is 28.3 Å². The first-order chi connectivity index (χ1) is 15.3. The number of nitrogens with one attached hydrogen (secondary N) is 1. The van der Waals surface area contributed by atoms with E-state index in [0.717, 1.165) is 32.8 Å². The molecule has 0 aliphatic heterocycles. The van der Waals surface area contributed by atoms with Gasteiger partial charge in [0.1, 0.15) is 0 Å². The molecule has 0 atom stereocenters. The highest BCUT2D eigenvalue weighted by Gasteiger charge is 2.22. The largest absolute Gasteiger partial charge is 0.472 e. The number of furan rings is 1. The molecule has 4 aromatic rings. The highest BCUT2D eigenvalue weighted by atomic mass is 32.2. The van der Waals surface area contributed by atoms with E-state index in [2.05, 4.69) is 29.6 Å². The Hall–Kier alpha value is -3.44. The van der Waals surface area contributed by atoms with Gasteiger partial charge >= 0.3 is 5.97 Å². The Kier molecular flexibility index (Phi) is 6.75. The van der Waals surface area contributed by atoms with E-state index in [1.807, 2.05) is 54.6 Å². The fraction of sp³-hybridized carbons (Fsp3) is 0.115. The summed E-state index contributed by atoms with van der Waals surface area (Å²) in [6.45, 7) is 0.588. The topological polar surface area (TPSA) is 51.5 Å². The van der Waals surface area contributed by atoms with Crippen LogP contribution in [-0.4, -0.2) is 13.1 Å². The van der Waals surface area contributed by atoms with E-state index in [0.29, 0.717) is 17.9 Å². The van der Waals surface area contributed by atoms with Crippen LogP contribution in [0.5, 0.6) is 0 Å². The van der Waals surface area contributed by atoms with Gasteiger partial charge in [-0.2, -0.15) is 0 Å². The van der Waals surface area contributed by atoms with Crippen LogP contribution in [0.2, 0.25) is 0 Å². The number of hydrogen-bond donors (Lipinski definition) is 1. The van der Waals surface area contributed by atoms with Gasteiger partial charge in [0.15, 0.2) is 0 Å². The third-order valence-corrected chi connectivity index (χ3v) is 6.02. The highest BCUT2D eigenvalue weighted by Crippen LogP contribution is 2.36. The smallest absolute Gasteiger partial charge is 0.340 e. The van der Waals surface area contributed by atoms with Gasteiger partial charge in [-0.1, -0.05) is 60.7 Å². The van der Waals surface area contributed by atoms with E-state index >= 15 is 0 Å². The van der Waals surface area contributed by atoms with Crippen LogP contribution in [0.25, 0.3) is 11.1 Å². The lowest BCUT2D eigenvalue weighted by Gasteiger charge is -2.19. The van der Waals surface area contributed by atoms with Crippen LogP contribution in [0, 0.1) is 0 Å². The molecule has 0 unspecified atom stereocenters. The lowest BCUT2D eigenvalue weighted by Crippen LogP contribution is -2.12. The van der Waals surface area contributed by atoms with E-state index in [1.54, 1.807) is 24.3 Å². The number of thioether (sulfide) groups is 1. The van der Waals surface area contributed by atoms with Crippen LogP contribution in [0.3, 0.4) is 0 Å². The second kappa shape index (κ2) is 10.0.